The van der Waals surface area contributed by atoms with Gasteiger partial charge in [-0.2, -0.15) is 0 Å². The van der Waals surface area contributed by atoms with Gasteiger partial charge in [-0.3, -0.25) is 4.79 Å². The average molecular weight is 461 g/mol. The number of hydrogen-bond acceptors (Lipinski definition) is 3. The van der Waals surface area contributed by atoms with E-state index in [2.05, 4.69) is 5.32 Å². The van der Waals surface area contributed by atoms with Crippen molar-refractivity contribution in [1.29, 1.82) is 0 Å². The first-order valence-corrected chi connectivity index (χ1v) is 9.34. The van der Waals surface area contributed by atoms with E-state index in [4.69, 9.17) is 46.4 Å². The molecule has 1 N–H and O–H groups in total. The van der Waals surface area contributed by atoms with E-state index >= 15 is 0 Å². The Kier molecular flexibility index (Phi) is 8.08. The van der Waals surface area contributed by atoms with Crippen molar-refractivity contribution in [2.45, 2.75) is 0 Å². The maximum atomic E-state index is 12.5. The van der Waals surface area contributed by atoms with Crippen molar-refractivity contribution in [1.82, 2.24) is 0 Å². The van der Waals surface area contributed by atoms with Crippen LogP contribution in [0.5, 0.6) is 0 Å². The van der Waals surface area contributed by atoms with E-state index in [0.717, 1.165) is 0 Å². The number of aromatic carboxylic acids is 1. The Bertz CT molecular complexity index is 1110. The SMILES string of the molecule is O=C(Nc1ccc(-c2ccc(Cl)cc2Cl)cc1C(=O)[O-])c1ccc(Cl)cc1Cl.[Li+]. The summed E-state index contributed by atoms with van der Waals surface area (Å²) in [6, 6.07) is 13.7. The Morgan fingerprint density at radius 1 is 0.759 bits per heavy atom. The summed E-state index contributed by atoms with van der Waals surface area (Å²) in [7, 11) is 0. The van der Waals surface area contributed by atoms with Crippen LogP contribution in [-0.4, -0.2) is 11.9 Å². The van der Waals surface area contributed by atoms with Gasteiger partial charge in [0.1, 0.15) is 0 Å². The second-order valence-corrected chi connectivity index (χ2v) is 7.44. The van der Waals surface area contributed by atoms with Crippen molar-refractivity contribution in [3.63, 3.8) is 0 Å². The predicted molar refractivity (Wildman–Crippen MR) is 111 cm³/mol. The summed E-state index contributed by atoms with van der Waals surface area (Å²) in [6.45, 7) is 0. The van der Waals surface area contributed by atoms with Gasteiger partial charge in [0.25, 0.3) is 5.91 Å². The minimum atomic E-state index is -1.45. The van der Waals surface area contributed by atoms with E-state index in [1.165, 1.54) is 30.3 Å². The summed E-state index contributed by atoms with van der Waals surface area (Å²) in [4.78, 5) is 24.1. The van der Waals surface area contributed by atoms with Gasteiger partial charge in [0.05, 0.1) is 22.2 Å². The number of benzene rings is 3. The fourth-order valence-corrected chi connectivity index (χ4v) is 3.59. The number of hydrogen-bond donors (Lipinski definition) is 1. The molecule has 3 rings (SSSR count). The third-order valence-electron chi connectivity index (χ3n) is 3.91. The van der Waals surface area contributed by atoms with Crippen LogP contribution in [0.1, 0.15) is 20.7 Å². The van der Waals surface area contributed by atoms with E-state index < -0.39 is 11.9 Å². The van der Waals surface area contributed by atoms with Gasteiger partial charge in [0, 0.05) is 26.2 Å². The van der Waals surface area contributed by atoms with Gasteiger partial charge in [-0.15, -0.1) is 0 Å². The normalized spacial score (nSPS) is 10.2. The first-order chi connectivity index (χ1) is 13.3. The van der Waals surface area contributed by atoms with Crippen molar-refractivity contribution in [2.24, 2.45) is 0 Å². The van der Waals surface area contributed by atoms with E-state index in [-0.39, 0.29) is 40.7 Å². The van der Waals surface area contributed by atoms with Gasteiger partial charge in [-0.05, 0) is 48.0 Å². The Labute approximate surface area is 198 Å². The van der Waals surface area contributed by atoms with E-state index in [0.29, 0.717) is 26.2 Å². The van der Waals surface area contributed by atoms with Crippen LogP contribution in [0.2, 0.25) is 20.1 Å². The fraction of sp³-hybridized carbons (Fsp3) is 0. The minimum Gasteiger partial charge on any atom is -0.545 e. The second-order valence-electron chi connectivity index (χ2n) is 5.75. The van der Waals surface area contributed by atoms with E-state index in [9.17, 15) is 14.7 Å². The van der Waals surface area contributed by atoms with Crippen LogP contribution in [0.25, 0.3) is 11.1 Å². The molecular weight excluding hydrogens is 451 g/mol. The zero-order valence-electron chi connectivity index (χ0n) is 14.9. The summed E-state index contributed by atoms with van der Waals surface area (Å²) in [5.41, 5.74) is 1.13. The molecule has 0 aromatic heterocycles. The van der Waals surface area contributed by atoms with Crippen LogP contribution >= 0.6 is 46.4 Å². The molecule has 0 spiro atoms. The zero-order chi connectivity index (χ0) is 20.4. The molecule has 9 heteroatoms. The summed E-state index contributed by atoms with van der Waals surface area (Å²) in [5.74, 6) is -2.04. The number of amides is 1. The van der Waals surface area contributed by atoms with Gasteiger partial charge in [0.2, 0.25) is 0 Å². The fourth-order valence-electron chi connectivity index (χ4n) is 2.58. The third kappa shape index (κ3) is 5.49. The summed E-state index contributed by atoms with van der Waals surface area (Å²) in [6.07, 6.45) is 0. The molecule has 0 radical (unpaired) electrons. The average Bonchev–Trinajstić information content (AvgIpc) is 2.62. The summed E-state index contributed by atoms with van der Waals surface area (Å²) >= 11 is 23.9. The molecule has 142 valence electrons. The number of carbonyl (C=O) groups excluding carboxylic acids is 2. The maximum Gasteiger partial charge on any atom is 1.00 e. The first-order valence-electron chi connectivity index (χ1n) is 7.83. The van der Waals surface area contributed by atoms with Gasteiger partial charge in [-0.1, -0.05) is 58.5 Å². The van der Waals surface area contributed by atoms with Crippen LogP contribution in [0.15, 0.2) is 54.6 Å². The smallest absolute Gasteiger partial charge is 0.545 e. The summed E-state index contributed by atoms with van der Waals surface area (Å²) in [5, 5.41) is 15.5. The standard InChI is InChI=1S/C20H11Cl4NO3.Li/c21-11-2-4-13(16(23)8-11)10-1-6-18(15(7-10)20(27)28)25-19(26)14-5-3-12(22)9-17(14)24;/h1-9H,(H,25,26)(H,27,28);/q;+1/p-1. The van der Waals surface area contributed by atoms with Crippen LogP contribution in [0.4, 0.5) is 5.69 Å². The Balaban J connectivity index is 0.00000300. The molecule has 0 heterocycles. The zero-order valence-corrected chi connectivity index (χ0v) is 18.0. The van der Waals surface area contributed by atoms with E-state index in [1.54, 1.807) is 24.3 Å². The Hall–Kier alpha value is -1.64. The number of carbonyl (C=O) groups is 2. The number of rotatable bonds is 4. The molecule has 0 aliphatic heterocycles. The quantitative estimate of drug-likeness (QED) is 0.608. The van der Waals surface area contributed by atoms with Gasteiger partial charge >= 0.3 is 18.9 Å². The molecule has 0 atom stereocenters. The molecule has 4 nitrogen and oxygen atoms in total. The van der Waals surface area contributed by atoms with Gasteiger partial charge in [-0.25, -0.2) is 0 Å². The van der Waals surface area contributed by atoms with Crippen LogP contribution < -0.4 is 29.3 Å². The monoisotopic (exact) mass is 459 g/mol. The molecule has 0 aliphatic rings. The predicted octanol–water partition coefficient (Wildman–Crippen LogP) is 2.59. The molecule has 0 bridgehead atoms. The molecular formula is C20H10Cl4LiNO3. The van der Waals surface area contributed by atoms with Crippen molar-refractivity contribution in [2.75, 3.05) is 5.32 Å². The topological polar surface area (TPSA) is 69.2 Å². The minimum absolute atomic E-state index is 0. The first kappa shape index (κ1) is 23.6. The largest absolute Gasteiger partial charge is 1.00 e. The van der Waals surface area contributed by atoms with Gasteiger partial charge in [0.15, 0.2) is 0 Å². The molecule has 29 heavy (non-hydrogen) atoms. The van der Waals surface area contributed by atoms with Crippen molar-refractivity contribution in [3.05, 3.63) is 85.8 Å². The van der Waals surface area contributed by atoms with Crippen molar-refractivity contribution >= 4 is 64.0 Å². The number of nitrogens with one attached hydrogen (secondary N) is 1. The molecule has 1 amide bonds. The molecule has 3 aromatic rings. The van der Waals surface area contributed by atoms with Gasteiger partial charge < -0.3 is 15.2 Å². The number of carboxylic acids is 1. The van der Waals surface area contributed by atoms with Crippen LogP contribution in [0, 0.1) is 0 Å². The van der Waals surface area contributed by atoms with E-state index in [1.807, 2.05) is 0 Å². The summed E-state index contributed by atoms with van der Waals surface area (Å²) < 4.78 is 0. The maximum absolute atomic E-state index is 12.5. The second kappa shape index (κ2) is 9.91. The number of anilines is 1. The van der Waals surface area contributed by atoms with Crippen molar-refractivity contribution in [3.8, 4) is 11.1 Å². The molecule has 0 aliphatic carbocycles. The molecule has 0 unspecified atom stereocenters. The molecule has 0 saturated heterocycles. The third-order valence-corrected chi connectivity index (χ3v) is 5.00. The Morgan fingerprint density at radius 3 is 1.97 bits per heavy atom. The Morgan fingerprint density at radius 2 is 1.38 bits per heavy atom. The van der Waals surface area contributed by atoms with Crippen LogP contribution in [-0.2, 0) is 0 Å². The molecule has 0 fully saturated rings. The number of carboxylic acid groups (broad SMARTS) is 1. The van der Waals surface area contributed by atoms with Crippen LogP contribution in [0.3, 0.4) is 0 Å². The molecule has 3 aromatic carbocycles. The van der Waals surface area contributed by atoms with Crippen molar-refractivity contribution < 1.29 is 33.6 Å². The molecule has 0 saturated carbocycles. The number of halogens is 4.